The van der Waals surface area contributed by atoms with Gasteiger partial charge in [-0.05, 0) is 13.2 Å². The highest BCUT2D eigenvalue weighted by Crippen LogP contribution is 1.84. The molecule has 0 fully saturated rings. The molecule has 0 N–H and O–H groups in total. The summed E-state index contributed by atoms with van der Waals surface area (Å²) in [5, 5.41) is 0. The van der Waals surface area contributed by atoms with Gasteiger partial charge in [0.2, 0.25) is 7.11 Å². The third kappa shape index (κ3) is 5.41. The van der Waals surface area contributed by atoms with Gasteiger partial charge in [-0.1, -0.05) is 25.0 Å². The van der Waals surface area contributed by atoms with Gasteiger partial charge in [-0.3, -0.25) is 0 Å². The van der Waals surface area contributed by atoms with Gasteiger partial charge in [0.25, 0.3) is 0 Å². The van der Waals surface area contributed by atoms with E-state index in [1.807, 2.05) is 13.0 Å². The van der Waals surface area contributed by atoms with Crippen molar-refractivity contribution < 1.29 is 4.42 Å². The Bertz CT molecular complexity index is 70.4. The minimum atomic E-state index is 0.890. The Kier molecular flexibility index (Phi) is 5.94. The molecule has 0 aliphatic heterocycles. The van der Waals surface area contributed by atoms with Crippen LogP contribution in [0.25, 0.3) is 0 Å². The van der Waals surface area contributed by atoms with E-state index < -0.39 is 0 Å². The molecule has 0 spiro atoms. The first-order valence-corrected chi connectivity index (χ1v) is 2.78. The fourth-order valence-corrected chi connectivity index (χ4v) is 0.411. The summed E-state index contributed by atoms with van der Waals surface area (Å²) in [5.74, 6) is 0. The fraction of sp³-hybridized carbons (Fsp3) is 0.571. The lowest BCUT2D eigenvalue weighted by Gasteiger charge is -1.84. The summed E-state index contributed by atoms with van der Waals surface area (Å²) in [6.07, 6.45) is 8.77. The molecule has 8 heavy (non-hydrogen) atoms. The monoisotopic (exact) mass is 112 g/mol. The standard InChI is InChI=1S/C7H12O/c1-3-4-5-6-7-8-2/h3-4H,5-6H2,1-2H3/b4-3+. The lowest BCUT2D eigenvalue weighted by molar-refractivity contribution is 0.181. The molecule has 0 radical (unpaired) electrons. The molecule has 0 aliphatic rings. The number of hydrogen-bond donors (Lipinski definition) is 0. The highest BCUT2D eigenvalue weighted by molar-refractivity contribution is 5.51. The SMILES string of the molecule is C/C=C/CC[C-]=[O+]C. The van der Waals surface area contributed by atoms with Gasteiger partial charge in [0.1, 0.15) is 0 Å². The first-order valence-electron chi connectivity index (χ1n) is 2.78. The van der Waals surface area contributed by atoms with E-state index in [1.54, 1.807) is 7.11 Å². The molecule has 0 aromatic rings. The van der Waals surface area contributed by atoms with Crippen molar-refractivity contribution in [3.63, 3.8) is 0 Å². The molecule has 0 amide bonds. The summed E-state index contributed by atoms with van der Waals surface area (Å²) in [5.41, 5.74) is 0. The van der Waals surface area contributed by atoms with E-state index in [0.717, 1.165) is 12.8 Å². The first kappa shape index (κ1) is 7.41. The zero-order chi connectivity index (χ0) is 6.24. The Hall–Kier alpha value is -0.590. The summed E-state index contributed by atoms with van der Waals surface area (Å²) in [6, 6.07) is 0. The zero-order valence-corrected chi connectivity index (χ0v) is 5.48. The Morgan fingerprint density at radius 3 is 2.88 bits per heavy atom. The first-order chi connectivity index (χ1) is 3.91. The lowest BCUT2D eigenvalue weighted by Crippen LogP contribution is -1.74. The van der Waals surface area contributed by atoms with Crippen LogP contribution in [0, 0.1) is 0 Å². The Balaban J connectivity index is 2.93. The second kappa shape index (κ2) is 6.41. The van der Waals surface area contributed by atoms with Crippen molar-refractivity contribution in [1.29, 1.82) is 0 Å². The predicted octanol–water partition coefficient (Wildman–Crippen LogP) is 1.62. The fourth-order valence-electron chi connectivity index (χ4n) is 0.411. The molecule has 0 rings (SSSR count). The van der Waals surface area contributed by atoms with Crippen molar-refractivity contribution in [1.82, 2.24) is 0 Å². The molecular formula is C7H12O. The minimum Gasteiger partial charge on any atom is -0.459 e. The summed E-state index contributed by atoms with van der Waals surface area (Å²) < 4.78 is 4.60. The second-order valence-corrected chi connectivity index (χ2v) is 1.46. The zero-order valence-electron chi connectivity index (χ0n) is 5.48. The molecule has 1 nitrogen and oxygen atoms in total. The maximum Gasteiger partial charge on any atom is 0.208 e. The van der Waals surface area contributed by atoms with Crippen molar-refractivity contribution in [2.75, 3.05) is 7.11 Å². The average molecular weight is 112 g/mol. The number of rotatable bonds is 3. The number of hydrogen-bond acceptors (Lipinski definition) is 0. The predicted molar refractivity (Wildman–Crippen MR) is 35.7 cm³/mol. The molecule has 0 aromatic carbocycles. The second-order valence-electron chi connectivity index (χ2n) is 1.46. The summed E-state index contributed by atoms with van der Waals surface area (Å²) in [7, 11) is 1.62. The van der Waals surface area contributed by atoms with E-state index >= 15 is 0 Å². The van der Waals surface area contributed by atoms with Crippen LogP contribution in [-0.2, 0) is 4.42 Å². The van der Waals surface area contributed by atoms with Crippen LogP contribution in [0.15, 0.2) is 12.2 Å². The van der Waals surface area contributed by atoms with E-state index in [4.69, 9.17) is 0 Å². The number of carbonyl (C=O) groups excluding carboxylic acids is 1. The van der Waals surface area contributed by atoms with Gasteiger partial charge in [-0.15, -0.1) is 0 Å². The normalized spacial score (nSPS) is 11.8. The molecule has 0 heterocycles. The third-order valence-corrected chi connectivity index (χ3v) is 0.793. The van der Waals surface area contributed by atoms with Crippen molar-refractivity contribution in [2.45, 2.75) is 19.8 Å². The van der Waals surface area contributed by atoms with Gasteiger partial charge >= 0.3 is 0 Å². The van der Waals surface area contributed by atoms with E-state index in [0.29, 0.717) is 0 Å². The van der Waals surface area contributed by atoms with Crippen molar-refractivity contribution in [3.8, 4) is 0 Å². The maximum atomic E-state index is 4.60. The van der Waals surface area contributed by atoms with Gasteiger partial charge in [-0.2, -0.15) is 0 Å². The van der Waals surface area contributed by atoms with Crippen molar-refractivity contribution in [2.24, 2.45) is 0 Å². The number of allylic oxidation sites excluding steroid dienone is 2. The quantitative estimate of drug-likeness (QED) is 0.227. The lowest BCUT2D eigenvalue weighted by atomic mass is 10.3. The third-order valence-electron chi connectivity index (χ3n) is 0.793. The minimum absolute atomic E-state index is 0.890. The average Bonchev–Trinajstić information content (AvgIpc) is 1.81. The molecule has 0 aliphatic carbocycles. The summed E-state index contributed by atoms with van der Waals surface area (Å²) in [4.78, 5) is 0. The van der Waals surface area contributed by atoms with Crippen LogP contribution in [0.3, 0.4) is 0 Å². The molecular weight excluding hydrogens is 100 g/mol. The Morgan fingerprint density at radius 1 is 1.62 bits per heavy atom. The number of unbranched alkanes of at least 4 members (excludes halogenated alkanes) is 1. The van der Waals surface area contributed by atoms with Crippen molar-refractivity contribution in [3.05, 3.63) is 12.2 Å². The van der Waals surface area contributed by atoms with Gasteiger partial charge in [0.15, 0.2) is 0 Å². The van der Waals surface area contributed by atoms with Crippen LogP contribution in [0.4, 0.5) is 0 Å². The Labute approximate surface area is 50.7 Å². The van der Waals surface area contributed by atoms with Crippen molar-refractivity contribution >= 4 is 6.29 Å². The molecule has 0 aromatic heterocycles. The molecule has 0 unspecified atom stereocenters. The molecule has 0 saturated heterocycles. The highest BCUT2D eigenvalue weighted by Gasteiger charge is 1.67. The van der Waals surface area contributed by atoms with E-state index in [1.165, 1.54) is 0 Å². The van der Waals surface area contributed by atoms with Crippen LogP contribution in [0.1, 0.15) is 19.8 Å². The van der Waals surface area contributed by atoms with Gasteiger partial charge < -0.3 is 4.42 Å². The highest BCUT2D eigenvalue weighted by atomic mass is 16.4. The van der Waals surface area contributed by atoms with Crippen LogP contribution < -0.4 is 0 Å². The maximum absolute atomic E-state index is 4.60. The van der Waals surface area contributed by atoms with E-state index in [2.05, 4.69) is 16.8 Å². The summed E-state index contributed by atoms with van der Waals surface area (Å²) in [6.45, 7) is 2.01. The van der Waals surface area contributed by atoms with E-state index in [-0.39, 0.29) is 0 Å². The van der Waals surface area contributed by atoms with Gasteiger partial charge in [-0.25, -0.2) is 0 Å². The van der Waals surface area contributed by atoms with Crippen LogP contribution >= 0.6 is 0 Å². The largest absolute Gasteiger partial charge is 0.459 e. The smallest absolute Gasteiger partial charge is 0.208 e. The van der Waals surface area contributed by atoms with Crippen LogP contribution in [0.5, 0.6) is 0 Å². The van der Waals surface area contributed by atoms with E-state index in [9.17, 15) is 0 Å². The molecule has 0 bridgehead atoms. The van der Waals surface area contributed by atoms with Gasteiger partial charge in [0.05, 0.1) is 0 Å². The van der Waals surface area contributed by atoms with Crippen LogP contribution in [-0.4, -0.2) is 13.4 Å². The molecule has 46 valence electrons. The van der Waals surface area contributed by atoms with Gasteiger partial charge in [0, 0.05) is 0 Å². The van der Waals surface area contributed by atoms with Crippen LogP contribution in [0.2, 0.25) is 0 Å². The molecule has 0 atom stereocenters. The Morgan fingerprint density at radius 2 is 2.38 bits per heavy atom. The summed E-state index contributed by atoms with van der Waals surface area (Å²) >= 11 is 0. The molecule has 1 heteroatoms. The topological polar surface area (TPSA) is 11.3 Å². The molecule has 0 saturated carbocycles.